The maximum Gasteiger partial charge on any atom is 0.329 e. The number of hydrogen-bond acceptors (Lipinski definition) is 5. The average Bonchev–Trinajstić information content (AvgIpc) is 3.24. The second-order valence-electron chi connectivity index (χ2n) is 6.83. The van der Waals surface area contributed by atoms with Gasteiger partial charge < -0.3 is 15.4 Å². The van der Waals surface area contributed by atoms with Gasteiger partial charge in [0.15, 0.2) is 5.69 Å². The van der Waals surface area contributed by atoms with Crippen LogP contribution in [0.1, 0.15) is 10.5 Å². The molecule has 0 saturated carbocycles. The number of hydrogen-bond donors (Lipinski definition) is 1. The van der Waals surface area contributed by atoms with Crippen LogP contribution in [0.3, 0.4) is 0 Å². The van der Waals surface area contributed by atoms with Crippen molar-refractivity contribution >= 4 is 34.4 Å². The summed E-state index contributed by atoms with van der Waals surface area (Å²) in [4.78, 5) is 28.4. The van der Waals surface area contributed by atoms with E-state index in [1.54, 1.807) is 30.5 Å². The number of halogens is 1. The fourth-order valence-corrected chi connectivity index (χ4v) is 3.48. The maximum absolute atomic E-state index is 12.8. The number of aliphatic carboxylic acids is 1. The molecule has 9 heteroatoms. The third-order valence-corrected chi connectivity index (χ3v) is 5.07. The molecule has 1 atom stereocenters. The number of fused-ring (bicyclic) bond motifs is 1. The molecule has 0 aliphatic rings. The molecule has 4 aromatic rings. The highest BCUT2D eigenvalue weighted by atomic mass is 35.5. The van der Waals surface area contributed by atoms with Gasteiger partial charge in [-0.3, -0.25) is 9.78 Å². The lowest BCUT2D eigenvalue weighted by Crippen LogP contribution is -2.39. The van der Waals surface area contributed by atoms with E-state index in [2.05, 4.69) is 16.7 Å². The molecule has 0 spiro atoms. The first-order chi connectivity index (χ1) is 15.4. The number of pyridine rings is 1. The number of carbonyl (C=O) groups is 2. The van der Waals surface area contributed by atoms with Crippen molar-refractivity contribution in [1.29, 1.82) is 0 Å². The van der Waals surface area contributed by atoms with E-state index < -0.39 is 17.9 Å². The summed E-state index contributed by atoms with van der Waals surface area (Å²) in [5.41, 5.74) is 2.32. The summed E-state index contributed by atoms with van der Waals surface area (Å²) >= 11 is 6.09. The van der Waals surface area contributed by atoms with E-state index in [0.717, 1.165) is 17.0 Å². The van der Waals surface area contributed by atoms with Crippen molar-refractivity contribution in [3.05, 3.63) is 95.4 Å². The smallest absolute Gasteiger partial charge is 0.329 e. The van der Waals surface area contributed by atoms with Gasteiger partial charge in [0.05, 0.1) is 16.9 Å². The van der Waals surface area contributed by atoms with E-state index in [0.29, 0.717) is 21.9 Å². The first-order valence-electron chi connectivity index (χ1n) is 9.47. The Morgan fingerprint density at radius 3 is 2.59 bits per heavy atom. The lowest BCUT2D eigenvalue weighted by molar-refractivity contribution is -0.139. The number of benzene rings is 2. The van der Waals surface area contributed by atoms with Crippen molar-refractivity contribution in [1.82, 2.24) is 19.8 Å². The first kappa shape index (κ1) is 21.2. The predicted octanol–water partition coefficient (Wildman–Crippen LogP) is 4.32. The molecule has 8 nitrogen and oxygen atoms in total. The van der Waals surface area contributed by atoms with Crippen molar-refractivity contribution in [3.63, 3.8) is 0 Å². The summed E-state index contributed by atoms with van der Waals surface area (Å²) in [6.45, 7) is 3.32. The molecule has 1 amide bonds. The summed E-state index contributed by atoms with van der Waals surface area (Å²) in [6.07, 6.45) is 2.48. The summed E-state index contributed by atoms with van der Waals surface area (Å²) in [5.74, 6) is -2.57. The van der Waals surface area contributed by atoms with E-state index in [-0.39, 0.29) is 10.8 Å². The molecule has 0 bridgehead atoms. The van der Waals surface area contributed by atoms with E-state index in [4.69, 9.17) is 11.6 Å². The van der Waals surface area contributed by atoms with Crippen LogP contribution in [-0.4, -0.2) is 42.9 Å². The number of aromatic nitrogens is 3. The minimum Gasteiger partial charge on any atom is -0.755 e. The number of carbonyl (C=O) groups excluding carboxylic acids is 1. The Labute approximate surface area is 187 Å². The van der Waals surface area contributed by atoms with Crippen molar-refractivity contribution in [2.24, 2.45) is 0 Å². The van der Waals surface area contributed by atoms with Crippen molar-refractivity contribution in [2.45, 2.75) is 6.04 Å². The SMILES string of the molecule is C=CC(C(=O)O)N([O-])C(=O)c1cc(-c2ccccc2)n(-c2ccnc3cc(Cl)ccc23)n1. The third-order valence-electron chi connectivity index (χ3n) is 4.84. The number of amides is 1. The highest BCUT2D eigenvalue weighted by Gasteiger charge is 2.24. The third kappa shape index (κ3) is 3.84. The standard InChI is InChI=1S/C23H16ClN4O4/c1-2-19(23(30)31)28(32)22(29)18-13-21(14-6-4-3-5-7-14)27(26-18)20-10-11-25-17-12-15(24)8-9-16(17)20/h2-13,19H,1H2,(H,30,31)/q-1. The van der Waals surface area contributed by atoms with Gasteiger partial charge >= 0.3 is 5.97 Å². The Morgan fingerprint density at radius 1 is 1.16 bits per heavy atom. The molecular formula is C23H16ClN4O4-. The summed E-state index contributed by atoms with van der Waals surface area (Å²) in [5, 5.41) is 27.0. The van der Waals surface area contributed by atoms with Gasteiger partial charge in [-0.25, -0.2) is 9.48 Å². The monoisotopic (exact) mass is 447 g/mol. The van der Waals surface area contributed by atoms with Crippen LogP contribution in [0, 0.1) is 5.21 Å². The molecule has 2 aromatic carbocycles. The summed E-state index contributed by atoms with van der Waals surface area (Å²) in [7, 11) is 0. The molecule has 0 fully saturated rings. The van der Waals surface area contributed by atoms with Crippen LogP contribution in [-0.2, 0) is 4.79 Å². The van der Waals surface area contributed by atoms with E-state index in [9.17, 15) is 19.9 Å². The fourth-order valence-electron chi connectivity index (χ4n) is 3.31. The van der Waals surface area contributed by atoms with Crippen LogP contribution < -0.4 is 0 Å². The number of rotatable bonds is 6. The van der Waals surface area contributed by atoms with E-state index in [1.807, 2.05) is 30.3 Å². The maximum atomic E-state index is 12.8. The molecule has 4 rings (SSSR count). The van der Waals surface area contributed by atoms with Crippen LogP contribution in [0.5, 0.6) is 0 Å². The first-order valence-corrected chi connectivity index (χ1v) is 9.84. The van der Waals surface area contributed by atoms with Crippen LogP contribution in [0.4, 0.5) is 0 Å². The number of carboxylic acids is 1. The zero-order valence-electron chi connectivity index (χ0n) is 16.6. The molecule has 160 valence electrons. The largest absolute Gasteiger partial charge is 0.755 e. The predicted molar refractivity (Wildman–Crippen MR) is 120 cm³/mol. The second kappa shape index (κ2) is 8.62. The van der Waals surface area contributed by atoms with Gasteiger partial charge in [-0.1, -0.05) is 48.0 Å². The van der Waals surface area contributed by atoms with Crippen molar-refractivity contribution in [2.75, 3.05) is 0 Å². The van der Waals surface area contributed by atoms with Gasteiger partial charge in [0.2, 0.25) is 0 Å². The van der Waals surface area contributed by atoms with Crippen molar-refractivity contribution < 1.29 is 14.7 Å². The molecule has 32 heavy (non-hydrogen) atoms. The summed E-state index contributed by atoms with van der Waals surface area (Å²) in [6, 6.07) is 15.8. The highest BCUT2D eigenvalue weighted by Crippen LogP contribution is 2.29. The molecule has 0 radical (unpaired) electrons. The molecule has 2 aromatic heterocycles. The fraction of sp³-hybridized carbons (Fsp3) is 0.0435. The Hall–Kier alpha value is -4.01. The number of nitrogens with zero attached hydrogens (tertiary/aromatic N) is 4. The Morgan fingerprint density at radius 2 is 1.91 bits per heavy atom. The van der Waals surface area contributed by atoms with Gasteiger partial charge in [0.1, 0.15) is 6.04 Å². The highest BCUT2D eigenvalue weighted by molar-refractivity contribution is 6.31. The van der Waals surface area contributed by atoms with Crippen LogP contribution >= 0.6 is 11.6 Å². The quantitative estimate of drug-likeness (QED) is 0.348. The van der Waals surface area contributed by atoms with Crippen LogP contribution in [0.15, 0.2) is 79.5 Å². The number of carboxylic acid groups (broad SMARTS) is 1. The molecule has 0 saturated heterocycles. The Balaban J connectivity index is 1.90. The molecular weight excluding hydrogens is 432 g/mol. The summed E-state index contributed by atoms with van der Waals surface area (Å²) < 4.78 is 1.53. The molecule has 0 aliphatic carbocycles. The van der Waals surface area contributed by atoms with E-state index in [1.165, 1.54) is 10.7 Å². The van der Waals surface area contributed by atoms with Crippen LogP contribution in [0.25, 0.3) is 27.8 Å². The average molecular weight is 448 g/mol. The lowest BCUT2D eigenvalue weighted by Gasteiger charge is -2.31. The lowest BCUT2D eigenvalue weighted by atomic mass is 10.1. The molecule has 2 heterocycles. The zero-order chi connectivity index (χ0) is 22.8. The minimum absolute atomic E-state index is 0.152. The van der Waals surface area contributed by atoms with Gasteiger partial charge in [0.25, 0.3) is 5.91 Å². The van der Waals surface area contributed by atoms with Gasteiger partial charge in [-0.2, -0.15) is 5.10 Å². The van der Waals surface area contributed by atoms with Gasteiger partial charge in [-0.15, -0.1) is 6.58 Å². The Kier molecular flexibility index (Phi) is 5.72. The van der Waals surface area contributed by atoms with E-state index >= 15 is 0 Å². The molecule has 1 unspecified atom stereocenters. The molecule has 0 aliphatic heterocycles. The molecule has 1 N–H and O–H groups in total. The zero-order valence-corrected chi connectivity index (χ0v) is 17.3. The van der Waals surface area contributed by atoms with Crippen LogP contribution in [0.2, 0.25) is 5.02 Å². The minimum atomic E-state index is -1.73. The topological polar surface area (TPSA) is 111 Å². The Bertz CT molecular complexity index is 1340. The normalized spacial score (nSPS) is 11.8. The second-order valence-corrected chi connectivity index (χ2v) is 7.27. The van der Waals surface area contributed by atoms with Crippen molar-refractivity contribution in [3.8, 4) is 16.9 Å². The number of hydroxylamine groups is 2. The van der Waals surface area contributed by atoms with Gasteiger partial charge in [-0.05, 0) is 30.3 Å². The van der Waals surface area contributed by atoms with Gasteiger partial charge in [0, 0.05) is 22.2 Å².